The second-order valence-electron chi connectivity index (χ2n) is 6.17. The Balaban J connectivity index is 1.66. The van der Waals surface area contributed by atoms with E-state index in [0.29, 0.717) is 44.0 Å². The van der Waals surface area contributed by atoms with Crippen LogP contribution in [-0.2, 0) is 11.3 Å². The smallest absolute Gasteiger partial charge is 0.354 e. The monoisotopic (exact) mass is 320 g/mol. The molecule has 2 aliphatic rings. The minimum absolute atomic E-state index is 0.0459. The van der Waals surface area contributed by atoms with Crippen LogP contribution in [0.4, 0.5) is 0 Å². The number of nitrogens with zero attached hydrogens (tertiary/aromatic N) is 4. The molecule has 0 aromatic carbocycles. The summed E-state index contributed by atoms with van der Waals surface area (Å²) in [5.41, 5.74) is 0.0981. The number of hydrogen-bond acceptors (Lipinski definition) is 6. The van der Waals surface area contributed by atoms with Gasteiger partial charge >= 0.3 is 5.97 Å². The molecule has 1 spiro atoms. The second-order valence-corrected chi connectivity index (χ2v) is 6.17. The summed E-state index contributed by atoms with van der Waals surface area (Å²) in [6, 6.07) is 0. The number of nitrogens with one attached hydrogen (secondary N) is 2. The van der Waals surface area contributed by atoms with Crippen LogP contribution in [0.1, 0.15) is 28.9 Å². The molecule has 0 radical (unpaired) electrons. The highest BCUT2D eigenvalue weighted by atomic mass is 16.4. The number of rotatable bonds is 3. The first-order chi connectivity index (χ1) is 10.9. The Morgan fingerprint density at radius 3 is 2.70 bits per heavy atom. The highest BCUT2D eigenvalue weighted by Gasteiger charge is 2.46. The molecule has 3 heterocycles. The SMILES string of the molecule is CN(C)C1=NC2(CCN(Cc3cn[nH]c3C(=O)O)CC2)C(=O)N1. The first-order valence-corrected chi connectivity index (χ1v) is 7.48. The second kappa shape index (κ2) is 5.65. The number of guanidine groups is 1. The van der Waals surface area contributed by atoms with Crippen LogP contribution in [0.3, 0.4) is 0 Å². The third-order valence-electron chi connectivity index (χ3n) is 4.40. The number of likely N-dealkylation sites (tertiary alicyclic amines) is 1. The Kier molecular flexibility index (Phi) is 3.80. The van der Waals surface area contributed by atoms with E-state index in [0.717, 1.165) is 0 Å². The number of carbonyl (C=O) groups excluding carboxylic acids is 1. The normalized spacial score (nSPS) is 20.4. The van der Waals surface area contributed by atoms with Crippen LogP contribution >= 0.6 is 0 Å². The molecule has 3 N–H and O–H groups in total. The molecular weight excluding hydrogens is 300 g/mol. The van der Waals surface area contributed by atoms with Gasteiger partial charge in [-0.25, -0.2) is 9.79 Å². The Labute approximate surface area is 133 Å². The zero-order chi connectivity index (χ0) is 16.6. The number of amides is 1. The van der Waals surface area contributed by atoms with E-state index >= 15 is 0 Å². The molecule has 124 valence electrons. The van der Waals surface area contributed by atoms with Crippen molar-refractivity contribution in [3.63, 3.8) is 0 Å². The van der Waals surface area contributed by atoms with Crippen molar-refractivity contribution < 1.29 is 14.7 Å². The van der Waals surface area contributed by atoms with E-state index in [2.05, 4.69) is 25.4 Å². The topological polar surface area (TPSA) is 114 Å². The number of aromatic nitrogens is 2. The highest BCUT2D eigenvalue weighted by molar-refractivity contribution is 6.07. The van der Waals surface area contributed by atoms with E-state index < -0.39 is 11.5 Å². The number of aliphatic imine (C=N–C) groups is 1. The van der Waals surface area contributed by atoms with E-state index in [1.807, 2.05) is 14.1 Å². The molecule has 1 saturated heterocycles. The van der Waals surface area contributed by atoms with Gasteiger partial charge in [-0.3, -0.25) is 20.1 Å². The van der Waals surface area contributed by atoms with E-state index in [1.54, 1.807) is 11.1 Å². The fraction of sp³-hybridized carbons (Fsp3) is 0.571. The Hall–Kier alpha value is -2.42. The van der Waals surface area contributed by atoms with Crippen LogP contribution in [0.25, 0.3) is 0 Å². The average Bonchev–Trinajstić information content (AvgIpc) is 3.08. The van der Waals surface area contributed by atoms with Crippen LogP contribution in [0.5, 0.6) is 0 Å². The van der Waals surface area contributed by atoms with Gasteiger partial charge in [-0.05, 0) is 12.8 Å². The number of aromatic amines is 1. The summed E-state index contributed by atoms with van der Waals surface area (Å²) in [7, 11) is 3.69. The van der Waals surface area contributed by atoms with Crippen molar-refractivity contribution in [2.75, 3.05) is 27.2 Å². The van der Waals surface area contributed by atoms with Crippen molar-refractivity contribution >= 4 is 17.8 Å². The van der Waals surface area contributed by atoms with Gasteiger partial charge in [-0.1, -0.05) is 0 Å². The van der Waals surface area contributed by atoms with Crippen molar-refractivity contribution in [2.24, 2.45) is 4.99 Å². The van der Waals surface area contributed by atoms with Crippen molar-refractivity contribution in [1.82, 2.24) is 25.3 Å². The molecule has 1 fully saturated rings. The minimum atomic E-state index is -1.01. The van der Waals surface area contributed by atoms with E-state index in [4.69, 9.17) is 5.11 Å². The van der Waals surface area contributed by atoms with Gasteiger partial charge in [-0.2, -0.15) is 5.10 Å². The van der Waals surface area contributed by atoms with Gasteiger partial charge in [-0.15, -0.1) is 0 Å². The lowest BCUT2D eigenvalue weighted by atomic mass is 9.88. The average molecular weight is 320 g/mol. The summed E-state index contributed by atoms with van der Waals surface area (Å²) in [6.07, 6.45) is 2.78. The lowest BCUT2D eigenvalue weighted by Gasteiger charge is -2.35. The molecule has 23 heavy (non-hydrogen) atoms. The summed E-state index contributed by atoms with van der Waals surface area (Å²) >= 11 is 0. The molecule has 1 aromatic rings. The molecule has 9 nitrogen and oxygen atoms in total. The summed E-state index contributed by atoms with van der Waals surface area (Å²) in [5.74, 6) is -0.455. The lowest BCUT2D eigenvalue weighted by molar-refractivity contribution is -0.125. The van der Waals surface area contributed by atoms with Gasteiger partial charge in [0, 0.05) is 39.3 Å². The molecule has 1 amide bonds. The number of H-pyrrole nitrogens is 1. The number of aromatic carboxylic acids is 1. The van der Waals surface area contributed by atoms with Crippen molar-refractivity contribution in [3.8, 4) is 0 Å². The summed E-state index contributed by atoms with van der Waals surface area (Å²) in [6.45, 7) is 1.86. The van der Waals surface area contributed by atoms with Gasteiger partial charge in [0.1, 0.15) is 11.2 Å². The Bertz CT molecular complexity index is 657. The van der Waals surface area contributed by atoms with Crippen molar-refractivity contribution in [1.29, 1.82) is 0 Å². The number of hydrogen-bond donors (Lipinski definition) is 3. The fourth-order valence-electron chi connectivity index (χ4n) is 2.99. The van der Waals surface area contributed by atoms with Crippen molar-refractivity contribution in [2.45, 2.75) is 24.9 Å². The standard InChI is InChI=1S/C14H20N6O3/c1-19(2)13-16-12(23)14(17-13)3-5-20(6-4-14)8-9-7-15-18-10(9)11(21)22/h7H,3-6,8H2,1-2H3,(H,15,18)(H,21,22)(H,16,17,23). The van der Waals surface area contributed by atoms with Gasteiger partial charge in [0.2, 0.25) is 5.96 Å². The molecule has 2 aliphatic heterocycles. The fourth-order valence-corrected chi connectivity index (χ4v) is 2.99. The van der Waals surface area contributed by atoms with E-state index in [9.17, 15) is 9.59 Å². The predicted octanol–water partition coefficient (Wildman–Crippen LogP) is -0.510. The van der Waals surface area contributed by atoms with Crippen LogP contribution in [-0.4, -0.2) is 75.7 Å². The molecule has 1 aromatic heterocycles. The number of carbonyl (C=O) groups is 2. The van der Waals surface area contributed by atoms with Crippen LogP contribution in [0.15, 0.2) is 11.2 Å². The molecule has 9 heteroatoms. The summed E-state index contributed by atoms with van der Waals surface area (Å²) < 4.78 is 0. The van der Waals surface area contributed by atoms with Crippen LogP contribution in [0.2, 0.25) is 0 Å². The lowest BCUT2D eigenvalue weighted by Crippen LogP contribution is -2.49. The third-order valence-corrected chi connectivity index (χ3v) is 4.40. The first kappa shape index (κ1) is 15.5. The number of carboxylic acids is 1. The summed E-state index contributed by atoms with van der Waals surface area (Å²) in [5, 5.41) is 18.2. The first-order valence-electron chi connectivity index (χ1n) is 7.48. The molecule has 0 bridgehead atoms. The number of piperidine rings is 1. The molecule has 3 rings (SSSR count). The minimum Gasteiger partial charge on any atom is -0.477 e. The van der Waals surface area contributed by atoms with Gasteiger partial charge in [0.05, 0.1) is 6.20 Å². The summed E-state index contributed by atoms with van der Waals surface area (Å²) in [4.78, 5) is 31.9. The highest BCUT2D eigenvalue weighted by Crippen LogP contribution is 2.30. The van der Waals surface area contributed by atoms with Crippen LogP contribution in [0, 0.1) is 0 Å². The maximum Gasteiger partial charge on any atom is 0.354 e. The maximum absolute atomic E-state index is 12.3. The molecular formula is C14H20N6O3. The van der Waals surface area contributed by atoms with Crippen LogP contribution < -0.4 is 5.32 Å². The third kappa shape index (κ3) is 2.79. The van der Waals surface area contributed by atoms with Gasteiger partial charge in [0.15, 0.2) is 0 Å². The number of carboxylic acid groups (broad SMARTS) is 1. The predicted molar refractivity (Wildman–Crippen MR) is 82.1 cm³/mol. The molecule has 0 aliphatic carbocycles. The Morgan fingerprint density at radius 2 is 2.13 bits per heavy atom. The quantitative estimate of drug-likeness (QED) is 0.691. The van der Waals surface area contributed by atoms with Crippen molar-refractivity contribution in [3.05, 3.63) is 17.5 Å². The largest absolute Gasteiger partial charge is 0.477 e. The molecule has 0 saturated carbocycles. The maximum atomic E-state index is 12.3. The zero-order valence-corrected chi connectivity index (χ0v) is 13.2. The Morgan fingerprint density at radius 1 is 1.43 bits per heavy atom. The van der Waals surface area contributed by atoms with Gasteiger partial charge in [0.25, 0.3) is 5.91 Å². The van der Waals surface area contributed by atoms with E-state index in [1.165, 1.54) is 0 Å². The molecule has 0 atom stereocenters. The van der Waals surface area contributed by atoms with E-state index in [-0.39, 0.29) is 11.6 Å². The zero-order valence-electron chi connectivity index (χ0n) is 13.2. The molecule has 0 unspecified atom stereocenters. The van der Waals surface area contributed by atoms with Gasteiger partial charge < -0.3 is 10.0 Å².